The number of methoxy groups -OCH3 is 6. The standard InChI is InChI=1S/C64H66N8O22/c1-89-47-23-37(24-48(90-2)57(47)93-5)17-19-39-27-42(60(82)68-32-52(74)66-34-54(76)70-44(22-36-15-11-8-12-16-36)62(84)72-46(64(87)88)30-56(79)80)40(20-18-38-25-49(91-3)58(94-6)50(26-38)92-4)28-41(39)59(81)67-31-51(73)65-33-53(75)69-43(21-35-13-9-7-10-14-35)61(83)71-45(63(85)86)29-55(77)78/h7-16,23-28,43-46H,21-22,29-34H2,1-6H3,(H,65,73)(H,66,74)(H,67,81)(H,68,82)(H,69,75)(H,70,76)(H,71,83)(H,72,84)(H,77,78)(H,79,80)(H,85,86)(H,87,88)/t43-,44-,45-,46-/m1/s1. The van der Waals surface area contributed by atoms with Crippen LogP contribution in [0.5, 0.6) is 34.5 Å². The van der Waals surface area contributed by atoms with E-state index in [1.165, 1.54) is 66.9 Å². The number of carbonyl (C=O) groups is 12. The summed E-state index contributed by atoms with van der Waals surface area (Å²) in [7, 11) is 8.21. The summed E-state index contributed by atoms with van der Waals surface area (Å²) in [6.07, 6.45) is -2.31. The molecule has 5 aromatic carbocycles. The Morgan fingerprint density at radius 3 is 0.989 bits per heavy atom. The van der Waals surface area contributed by atoms with Gasteiger partial charge in [0.1, 0.15) is 24.2 Å². The SMILES string of the molecule is COc1cc(C#Cc2cc(C(=O)NCC(=O)NCC(=O)N[C@H](Cc3ccccc3)C(=O)N[C@H](CC(=O)O)C(=O)O)c(C#Cc3cc(OC)c(OC)c(OC)c3)cc2C(=O)NCC(=O)NCC(=O)N[C@H](Cc2ccccc2)C(=O)N[C@H](CC(=O)O)C(=O)O)cc(OC)c1OC. The molecule has 8 amide bonds. The Kier molecular flexibility index (Phi) is 27.5. The quantitative estimate of drug-likeness (QED) is 0.0248. The summed E-state index contributed by atoms with van der Waals surface area (Å²) in [6, 6.07) is 18.0. The Balaban J connectivity index is 1.47. The summed E-state index contributed by atoms with van der Waals surface area (Å²) in [5.41, 5.74) is 0.558. The number of rotatable bonds is 32. The minimum Gasteiger partial charge on any atom is -0.493 e. The van der Waals surface area contributed by atoms with Gasteiger partial charge in [0.25, 0.3) is 11.8 Å². The Hall–Kier alpha value is -12.3. The fraction of sp³-hybridized carbons (Fsp3) is 0.281. The summed E-state index contributed by atoms with van der Waals surface area (Å²) in [5.74, 6) is -1.50. The molecule has 0 aromatic heterocycles. The maximum atomic E-state index is 14.4. The minimum absolute atomic E-state index is 0.181. The molecule has 5 aromatic rings. The molecule has 30 nitrogen and oxygen atoms in total. The average molecular weight is 1300 g/mol. The molecule has 30 heteroatoms. The van der Waals surface area contributed by atoms with Crippen LogP contribution in [-0.4, -0.2) is 185 Å². The fourth-order valence-corrected chi connectivity index (χ4v) is 8.66. The third-order valence-electron chi connectivity index (χ3n) is 13.2. The lowest BCUT2D eigenvalue weighted by atomic mass is 9.96. The van der Waals surface area contributed by atoms with Crippen molar-refractivity contribution in [1.82, 2.24) is 42.5 Å². The number of ether oxygens (including phenoxy) is 6. The highest BCUT2D eigenvalue weighted by Gasteiger charge is 2.31. The summed E-state index contributed by atoms with van der Waals surface area (Å²) in [6.45, 7) is -3.19. The molecule has 0 radical (unpaired) electrons. The van der Waals surface area contributed by atoms with Gasteiger partial charge in [0.2, 0.25) is 46.9 Å². The first-order valence-corrected chi connectivity index (χ1v) is 28.0. The molecular formula is C64H66N8O22. The van der Waals surface area contributed by atoms with Gasteiger partial charge in [0.05, 0.1) is 92.8 Å². The smallest absolute Gasteiger partial charge is 0.326 e. The van der Waals surface area contributed by atoms with Crippen LogP contribution in [0.4, 0.5) is 0 Å². The van der Waals surface area contributed by atoms with E-state index in [1.54, 1.807) is 60.7 Å². The van der Waals surface area contributed by atoms with Crippen LogP contribution in [0.2, 0.25) is 0 Å². The molecule has 12 N–H and O–H groups in total. The van der Waals surface area contributed by atoms with Crippen molar-refractivity contribution in [2.24, 2.45) is 0 Å². The summed E-state index contributed by atoms with van der Waals surface area (Å²) in [4.78, 5) is 155. The number of hydrogen-bond acceptors (Lipinski definition) is 18. The minimum atomic E-state index is -1.85. The monoisotopic (exact) mass is 1300 g/mol. The molecule has 0 aliphatic heterocycles. The highest BCUT2D eigenvalue weighted by Crippen LogP contribution is 2.39. The first-order chi connectivity index (χ1) is 44.9. The van der Waals surface area contributed by atoms with E-state index in [9.17, 15) is 78.0 Å². The molecule has 0 saturated heterocycles. The highest BCUT2D eigenvalue weighted by atomic mass is 16.5. The van der Waals surface area contributed by atoms with E-state index >= 15 is 0 Å². The zero-order valence-electron chi connectivity index (χ0n) is 51.3. The molecule has 0 heterocycles. The molecule has 0 spiro atoms. The number of carboxylic acids is 4. The zero-order valence-corrected chi connectivity index (χ0v) is 51.3. The van der Waals surface area contributed by atoms with E-state index in [1.807, 2.05) is 0 Å². The zero-order chi connectivity index (χ0) is 69.0. The van der Waals surface area contributed by atoms with Crippen LogP contribution < -0.4 is 71.0 Å². The molecule has 94 heavy (non-hydrogen) atoms. The van der Waals surface area contributed by atoms with Crippen molar-refractivity contribution in [2.45, 2.75) is 49.9 Å². The molecule has 0 aliphatic rings. The molecule has 0 unspecified atom stereocenters. The van der Waals surface area contributed by atoms with Gasteiger partial charge < -0.3 is 91.4 Å². The number of aliphatic carboxylic acids is 4. The van der Waals surface area contributed by atoms with Crippen LogP contribution >= 0.6 is 0 Å². The normalized spacial score (nSPS) is 11.6. The van der Waals surface area contributed by atoms with Crippen molar-refractivity contribution in [3.05, 3.63) is 142 Å². The number of hydrogen-bond donors (Lipinski definition) is 12. The Morgan fingerprint density at radius 2 is 0.702 bits per heavy atom. The van der Waals surface area contributed by atoms with Gasteiger partial charge >= 0.3 is 23.9 Å². The second-order valence-electron chi connectivity index (χ2n) is 19.8. The second kappa shape index (κ2) is 35.7. The van der Waals surface area contributed by atoms with E-state index in [0.717, 1.165) is 12.1 Å². The summed E-state index contributed by atoms with van der Waals surface area (Å²) >= 11 is 0. The second-order valence-corrected chi connectivity index (χ2v) is 19.8. The summed E-state index contributed by atoms with van der Waals surface area (Å²) in [5, 5.41) is 56.0. The maximum Gasteiger partial charge on any atom is 0.326 e. The van der Waals surface area contributed by atoms with Crippen LogP contribution in [0.25, 0.3) is 0 Å². The molecule has 4 atom stereocenters. The van der Waals surface area contributed by atoms with Crippen molar-refractivity contribution in [3.63, 3.8) is 0 Å². The van der Waals surface area contributed by atoms with Crippen LogP contribution in [0.3, 0.4) is 0 Å². The van der Waals surface area contributed by atoms with Gasteiger partial charge in [-0.25, -0.2) is 9.59 Å². The van der Waals surface area contributed by atoms with Gasteiger partial charge in [-0.2, -0.15) is 0 Å². The van der Waals surface area contributed by atoms with Crippen molar-refractivity contribution in [2.75, 3.05) is 68.8 Å². The molecule has 0 saturated carbocycles. The van der Waals surface area contributed by atoms with Gasteiger partial charge in [0, 0.05) is 35.1 Å². The lowest BCUT2D eigenvalue weighted by Crippen LogP contribution is -2.54. The number of benzene rings is 5. The van der Waals surface area contributed by atoms with Gasteiger partial charge in [0.15, 0.2) is 23.0 Å². The maximum absolute atomic E-state index is 14.4. The molecule has 5 rings (SSSR count). The Labute approximate surface area is 536 Å². The van der Waals surface area contributed by atoms with Crippen molar-refractivity contribution in [3.8, 4) is 58.2 Å². The van der Waals surface area contributed by atoms with Gasteiger partial charge in [-0.1, -0.05) is 84.3 Å². The Bertz CT molecular complexity index is 3510. The first kappa shape index (κ1) is 72.4. The van der Waals surface area contributed by atoms with Crippen LogP contribution in [0.15, 0.2) is 97.1 Å². The van der Waals surface area contributed by atoms with Crippen molar-refractivity contribution < 1.29 is 106 Å². The molecule has 0 bridgehead atoms. The molecular weight excluding hydrogens is 1230 g/mol. The van der Waals surface area contributed by atoms with E-state index < -0.39 is 134 Å². The van der Waals surface area contributed by atoms with Gasteiger partial charge in [-0.3, -0.25) is 47.9 Å². The topological polar surface area (TPSA) is 437 Å². The van der Waals surface area contributed by atoms with E-state index in [2.05, 4.69) is 66.2 Å². The highest BCUT2D eigenvalue weighted by molar-refractivity contribution is 6.04. The third-order valence-corrected chi connectivity index (χ3v) is 13.2. The molecule has 494 valence electrons. The number of carboxylic acid groups (broad SMARTS) is 4. The molecule has 0 fully saturated rings. The average Bonchev–Trinajstić information content (AvgIpc) is 0.817. The number of nitrogens with one attached hydrogen (secondary N) is 8. The van der Waals surface area contributed by atoms with E-state index in [4.69, 9.17) is 28.4 Å². The largest absolute Gasteiger partial charge is 0.493 e. The third kappa shape index (κ3) is 22.0. The summed E-state index contributed by atoms with van der Waals surface area (Å²) < 4.78 is 32.8. The predicted molar refractivity (Wildman–Crippen MR) is 329 cm³/mol. The van der Waals surface area contributed by atoms with Crippen LogP contribution in [0, 0.1) is 23.7 Å². The Morgan fingerprint density at radius 1 is 0.383 bits per heavy atom. The van der Waals surface area contributed by atoms with E-state index in [-0.39, 0.29) is 80.7 Å². The van der Waals surface area contributed by atoms with Crippen molar-refractivity contribution in [1.29, 1.82) is 0 Å². The number of carbonyl (C=O) groups excluding carboxylic acids is 8. The van der Waals surface area contributed by atoms with Gasteiger partial charge in [-0.05, 0) is 47.5 Å². The fourth-order valence-electron chi connectivity index (χ4n) is 8.66. The van der Waals surface area contributed by atoms with E-state index in [0.29, 0.717) is 11.1 Å². The molecule has 0 aliphatic carbocycles. The van der Waals surface area contributed by atoms with Crippen LogP contribution in [-0.2, 0) is 60.8 Å². The lowest BCUT2D eigenvalue weighted by Gasteiger charge is -2.21. The predicted octanol–water partition coefficient (Wildman–Crippen LogP) is -0.227. The van der Waals surface area contributed by atoms with Crippen molar-refractivity contribution >= 4 is 71.1 Å². The lowest BCUT2D eigenvalue weighted by molar-refractivity contribution is -0.147. The first-order valence-electron chi connectivity index (χ1n) is 28.0. The van der Waals surface area contributed by atoms with Crippen LogP contribution in [0.1, 0.15) is 66.9 Å². The van der Waals surface area contributed by atoms with Gasteiger partial charge in [-0.15, -0.1) is 0 Å². The number of amides is 8.